The van der Waals surface area contributed by atoms with Crippen LogP contribution in [0.5, 0.6) is 0 Å². The molecule has 1 heterocycles. The van der Waals surface area contributed by atoms with Gasteiger partial charge < -0.3 is 9.52 Å². The zero-order valence-corrected chi connectivity index (χ0v) is 14.5. The topological polar surface area (TPSA) is 33.4 Å². The van der Waals surface area contributed by atoms with Crippen LogP contribution in [0.15, 0.2) is 16.7 Å². The summed E-state index contributed by atoms with van der Waals surface area (Å²) in [5.41, 5.74) is 0.947. The molecule has 2 fully saturated rings. The van der Waals surface area contributed by atoms with E-state index in [9.17, 15) is 5.11 Å². The van der Waals surface area contributed by atoms with Crippen molar-refractivity contribution >= 4 is 0 Å². The third kappa shape index (κ3) is 1.60. The summed E-state index contributed by atoms with van der Waals surface area (Å²) in [5.74, 6) is 3.00. The molecule has 5 atom stereocenters. The molecule has 4 rings (SSSR count). The van der Waals surface area contributed by atoms with E-state index in [1.165, 1.54) is 17.7 Å². The number of hydrogen-bond donors (Lipinski definition) is 1. The lowest BCUT2D eigenvalue weighted by Gasteiger charge is -2.65. The number of furan rings is 1. The lowest BCUT2D eigenvalue weighted by Crippen LogP contribution is -2.66. The Hall–Kier alpha value is -0.760. The molecular weight excluding hydrogens is 272 g/mol. The second kappa shape index (κ2) is 4.41. The molecule has 2 heteroatoms. The predicted molar refractivity (Wildman–Crippen MR) is 87.7 cm³/mol. The number of hydrogen-bond acceptors (Lipinski definition) is 2. The normalized spacial score (nSPS) is 46.5. The second-order valence-electron chi connectivity index (χ2n) is 9.12. The number of aliphatic hydroxyl groups is 1. The third-order valence-electron chi connectivity index (χ3n) is 8.05. The summed E-state index contributed by atoms with van der Waals surface area (Å²) in [5, 5.41) is 11.8. The summed E-state index contributed by atoms with van der Waals surface area (Å²) in [7, 11) is 0. The molecule has 3 aliphatic carbocycles. The van der Waals surface area contributed by atoms with E-state index in [2.05, 4.69) is 33.8 Å². The molecule has 0 aliphatic heterocycles. The zero-order chi connectivity index (χ0) is 15.8. The molecule has 0 saturated heterocycles. The van der Waals surface area contributed by atoms with Gasteiger partial charge in [0.05, 0.1) is 11.9 Å². The Kier molecular flexibility index (Phi) is 2.97. The fourth-order valence-corrected chi connectivity index (χ4v) is 6.58. The first-order valence-electron chi connectivity index (χ1n) is 9.09. The molecule has 1 aromatic heterocycles. The summed E-state index contributed by atoms with van der Waals surface area (Å²) in [6.45, 7) is 9.32. The van der Waals surface area contributed by atoms with Crippen LogP contribution in [0.25, 0.3) is 0 Å². The van der Waals surface area contributed by atoms with Crippen molar-refractivity contribution in [2.24, 2.45) is 22.7 Å². The largest absolute Gasteiger partial charge is 0.469 e. The molecular formula is C20H30O2. The van der Waals surface area contributed by atoms with Gasteiger partial charge in [-0.2, -0.15) is 0 Å². The van der Waals surface area contributed by atoms with Gasteiger partial charge in [-0.15, -0.1) is 0 Å². The van der Waals surface area contributed by atoms with Gasteiger partial charge in [-0.1, -0.05) is 34.1 Å². The monoisotopic (exact) mass is 302 g/mol. The van der Waals surface area contributed by atoms with Crippen LogP contribution in [0.1, 0.15) is 77.0 Å². The maximum Gasteiger partial charge on any atom is 0.107 e. The van der Waals surface area contributed by atoms with Gasteiger partial charge in [-0.25, -0.2) is 0 Å². The minimum atomic E-state index is -0.525. The van der Waals surface area contributed by atoms with Crippen molar-refractivity contribution in [1.82, 2.24) is 0 Å². The predicted octanol–water partition coefficient (Wildman–Crippen LogP) is 4.91. The van der Waals surface area contributed by atoms with Crippen molar-refractivity contribution in [2.75, 3.05) is 0 Å². The first-order valence-corrected chi connectivity index (χ1v) is 9.09. The summed E-state index contributed by atoms with van der Waals surface area (Å²) in [6, 6.07) is 2.17. The molecule has 0 amide bonds. The Morgan fingerprint density at radius 3 is 2.73 bits per heavy atom. The highest BCUT2D eigenvalue weighted by atomic mass is 16.3. The molecule has 122 valence electrons. The molecule has 0 aromatic carbocycles. The van der Waals surface area contributed by atoms with Crippen molar-refractivity contribution in [3.05, 3.63) is 23.7 Å². The molecule has 0 bridgehead atoms. The van der Waals surface area contributed by atoms with Crippen LogP contribution < -0.4 is 0 Å². The Morgan fingerprint density at radius 1 is 1.18 bits per heavy atom. The van der Waals surface area contributed by atoms with E-state index in [-0.39, 0.29) is 10.8 Å². The van der Waals surface area contributed by atoms with Gasteiger partial charge in [0, 0.05) is 11.8 Å². The van der Waals surface area contributed by atoms with E-state index in [0.717, 1.165) is 32.1 Å². The van der Waals surface area contributed by atoms with Gasteiger partial charge in [0.2, 0.25) is 0 Å². The Labute approximate surface area is 134 Å². The van der Waals surface area contributed by atoms with Crippen LogP contribution in [-0.4, -0.2) is 10.7 Å². The number of rotatable bonds is 0. The third-order valence-corrected chi connectivity index (χ3v) is 8.05. The van der Waals surface area contributed by atoms with Gasteiger partial charge in [-0.05, 0) is 60.5 Å². The molecule has 2 unspecified atom stereocenters. The fourth-order valence-electron chi connectivity index (χ4n) is 6.58. The van der Waals surface area contributed by atoms with E-state index in [0.29, 0.717) is 17.8 Å². The van der Waals surface area contributed by atoms with Gasteiger partial charge >= 0.3 is 0 Å². The Morgan fingerprint density at radius 2 is 1.95 bits per heavy atom. The smallest absolute Gasteiger partial charge is 0.107 e. The number of fused-ring (bicyclic) bond motifs is 4. The van der Waals surface area contributed by atoms with Crippen LogP contribution in [0.2, 0.25) is 0 Å². The Balaban J connectivity index is 1.80. The van der Waals surface area contributed by atoms with Crippen molar-refractivity contribution in [1.29, 1.82) is 0 Å². The van der Waals surface area contributed by atoms with Crippen molar-refractivity contribution in [2.45, 2.75) is 77.7 Å². The van der Waals surface area contributed by atoms with Crippen LogP contribution in [-0.2, 0) is 6.42 Å². The van der Waals surface area contributed by atoms with Crippen LogP contribution in [0, 0.1) is 22.7 Å². The van der Waals surface area contributed by atoms with Gasteiger partial charge in [0.1, 0.15) is 5.76 Å². The van der Waals surface area contributed by atoms with E-state index < -0.39 is 5.60 Å². The standard InChI is InChI=1S/C20H30O2/c1-13-14-6-10-20(21)18(2,3)8-5-9-19(20,4)16(14)12-17-15(13)7-11-22-17/h7,11,13-14,16,21H,5-6,8-10,12H2,1-4H3/t13-,14?,16?,19-,20-/m1/s1. The molecule has 22 heavy (non-hydrogen) atoms. The molecule has 2 saturated carbocycles. The molecule has 1 aromatic rings. The van der Waals surface area contributed by atoms with E-state index in [4.69, 9.17) is 4.42 Å². The van der Waals surface area contributed by atoms with Gasteiger partial charge in [-0.3, -0.25) is 0 Å². The van der Waals surface area contributed by atoms with Crippen LogP contribution in [0.3, 0.4) is 0 Å². The van der Waals surface area contributed by atoms with Crippen molar-refractivity contribution in [3.63, 3.8) is 0 Å². The van der Waals surface area contributed by atoms with Crippen molar-refractivity contribution < 1.29 is 9.52 Å². The SMILES string of the molecule is C[C@H]1c2ccoc2CC2C1CC[C@@]1(O)C(C)(C)CCC[C@]21C. The minimum Gasteiger partial charge on any atom is -0.469 e. The lowest BCUT2D eigenvalue weighted by molar-refractivity contribution is -0.240. The fraction of sp³-hybridized carbons (Fsp3) is 0.800. The first-order chi connectivity index (χ1) is 10.3. The van der Waals surface area contributed by atoms with Gasteiger partial charge in [0.15, 0.2) is 0 Å². The maximum atomic E-state index is 11.8. The molecule has 3 aliphatic rings. The zero-order valence-electron chi connectivity index (χ0n) is 14.5. The molecule has 1 N–H and O–H groups in total. The summed E-state index contributed by atoms with van der Waals surface area (Å²) in [4.78, 5) is 0. The maximum absolute atomic E-state index is 11.8. The van der Waals surface area contributed by atoms with Crippen molar-refractivity contribution in [3.8, 4) is 0 Å². The average molecular weight is 302 g/mol. The quantitative estimate of drug-likeness (QED) is 0.738. The second-order valence-corrected chi connectivity index (χ2v) is 9.12. The van der Waals surface area contributed by atoms with Gasteiger partial charge in [0.25, 0.3) is 0 Å². The highest BCUT2D eigenvalue weighted by molar-refractivity contribution is 5.29. The van der Waals surface area contributed by atoms with E-state index in [1.807, 2.05) is 6.26 Å². The molecule has 0 spiro atoms. The Bertz CT molecular complexity index is 586. The summed E-state index contributed by atoms with van der Waals surface area (Å²) in [6.07, 6.45) is 8.56. The van der Waals surface area contributed by atoms with Crippen LogP contribution >= 0.6 is 0 Å². The van der Waals surface area contributed by atoms with E-state index in [1.54, 1.807) is 0 Å². The highest BCUT2D eigenvalue weighted by Gasteiger charge is 2.65. The summed E-state index contributed by atoms with van der Waals surface area (Å²) >= 11 is 0. The first kappa shape index (κ1) is 14.8. The minimum absolute atomic E-state index is 0.0242. The molecule has 0 radical (unpaired) electrons. The lowest BCUT2D eigenvalue weighted by atomic mass is 9.41. The molecule has 2 nitrogen and oxygen atoms in total. The van der Waals surface area contributed by atoms with E-state index >= 15 is 0 Å². The summed E-state index contributed by atoms with van der Waals surface area (Å²) < 4.78 is 5.80. The average Bonchev–Trinajstić information content (AvgIpc) is 2.91. The van der Waals surface area contributed by atoms with Crippen LogP contribution in [0.4, 0.5) is 0 Å². The highest BCUT2D eigenvalue weighted by Crippen LogP contribution is 2.66.